The molecule has 0 bridgehead atoms. The van der Waals surface area contributed by atoms with Gasteiger partial charge in [-0.05, 0) is 39.3 Å². The summed E-state index contributed by atoms with van der Waals surface area (Å²) in [5, 5.41) is 4.55. The van der Waals surface area contributed by atoms with E-state index in [0.29, 0.717) is 12.0 Å². The lowest BCUT2D eigenvalue weighted by Crippen LogP contribution is -2.36. The number of likely N-dealkylation sites (N-methyl/N-ethyl adjacent to an activating group) is 1. The average molecular weight is 305 g/mol. The summed E-state index contributed by atoms with van der Waals surface area (Å²) in [7, 11) is 2.20. The lowest BCUT2D eigenvalue weighted by atomic mass is 10.2. The predicted molar refractivity (Wildman–Crippen MR) is 89.9 cm³/mol. The van der Waals surface area contributed by atoms with Gasteiger partial charge in [0.15, 0.2) is 0 Å². The van der Waals surface area contributed by atoms with Crippen LogP contribution in [0.15, 0.2) is 6.07 Å². The molecule has 1 aliphatic carbocycles. The molecule has 0 aliphatic heterocycles. The number of fused-ring (bicyclic) bond motifs is 1. The van der Waals surface area contributed by atoms with Gasteiger partial charge in [-0.25, -0.2) is 4.98 Å². The van der Waals surface area contributed by atoms with Crippen LogP contribution in [-0.2, 0) is 6.42 Å². The van der Waals surface area contributed by atoms with E-state index in [1.54, 1.807) is 11.3 Å². The molecule has 1 atom stereocenters. The Morgan fingerprint density at radius 2 is 2.24 bits per heavy atom. The van der Waals surface area contributed by atoms with E-state index >= 15 is 0 Å². The number of nitrogens with two attached hydrogens (primary N) is 1. The maximum absolute atomic E-state index is 5.83. The molecule has 5 nitrogen and oxygen atoms in total. The lowest BCUT2D eigenvalue weighted by Gasteiger charge is -2.24. The fourth-order valence-corrected chi connectivity index (χ4v) is 3.50. The number of hydrogen-bond acceptors (Lipinski definition) is 6. The molecule has 1 fully saturated rings. The summed E-state index contributed by atoms with van der Waals surface area (Å²) in [5.74, 6) is 1.21. The van der Waals surface area contributed by atoms with E-state index < -0.39 is 0 Å². The van der Waals surface area contributed by atoms with Crippen LogP contribution in [0.3, 0.4) is 0 Å². The van der Waals surface area contributed by atoms with Crippen LogP contribution in [-0.4, -0.2) is 40.5 Å². The fourth-order valence-electron chi connectivity index (χ4n) is 2.53. The Balaban J connectivity index is 1.77. The zero-order valence-corrected chi connectivity index (χ0v) is 13.7. The first-order chi connectivity index (χ1) is 10.1. The molecule has 1 aliphatic rings. The molecule has 1 unspecified atom stereocenters. The van der Waals surface area contributed by atoms with Gasteiger partial charge in [0.1, 0.15) is 10.6 Å². The third-order valence-corrected chi connectivity index (χ3v) is 5.37. The van der Waals surface area contributed by atoms with Crippen molar-refractivity contribution in [3.63, 3.8) is 0 Å². The number of anilines is 2. The molecule has 0 saturated heterocycles. The minimum Gasteiger partial charge on any atom is -0.368 e. The van der Waals surface area contributed by atoms with E-state index in [-0.39, 0.29) is 0 Å². The normalized spacial score (nSPS) is 16.6. The molecule has 0 aromatic carbocycles. The highest BCUT2D eigenvalue weighted by Gasteiger charge is 2.29. The maximum atomic E-state index is 5.83. The zero-order chi connectivity index (χ0) is 15.0. The maximum Gasteiger partial charge on any atom is 0.223 e. The number of aryl methyl sites for hydroxylation is 1. The van der Waals surface area contributed by atoms with Gasteiger partial charge >= 0.3 is 0 Å². The topological polar surface area (TPSA) is 67.1 Å². The summed E-state index contributed by atoms with van der Waals surface area (Å²) in [6, 6.07) is 3.43. The van der Waals surface area contributed by atoms with Gasteiger partial charge in [0.05, 0.1) is 5.39 Å². The van der Waals surface area contributed by atoms with Crippen LogP contribution in [0.2, 0.25) is 0 Å². The fraction of sp³-hybridized carbons (Fsp3) is 0.600. The van der Waals surface area contributed by atoms with Crippen LogP contribution in [0, 0.1) is 0 Å². The van der Waals surface area contributed by atoms with Gasteiger partial charge in [0.2, 0.25) is 5.95 Å². The van der Waals surface area contributed by atoms with Gasteiger partial charge < -0.3 is 11.1 Å². The van der Waals surface area contributed by atoms with Crippen LogP contribution in [0.4, 0.5) is 11.8 Å². The Labute approximate surface area is 129 Å². The summed E-state index contributed by atoms with van der Waals surface area (Å²) < 4.78 is 0. The van der Waals surface area contributed by atoms with Gasteiger partial charge in [-0.1, -0.05) is 6.92 Å². The molecule has 2 aromatic heterocycles. The molecule has 1 saturated carbocycles. The molecule has 0 spiro atoms. The van der Waals surface area contributed by atoms with Gasteiger partial charge in [0, 0.05) is 23.5 Å². The highest BCUT2D eigenvalue weighted by Crippen LogP contribution is 2.30. The quantitative estimate of drug-likeness (QED) is 0.859. The molecule has 21 heavy (non-hydrogen) atoms. The first kappa shape index (κ1) is 14.5. The Hall–Kier alpha value is -1.40. The predicted octanol–water partition coefficient (Wildman–Crippen LogP) is 2.73. The van der Waals surface area contributed by atoms with Crippen molar-refractivity contribution < 1.29 is 0 Å². The highest BCUT2D eigenvalue weighted by molar-refractivity contribution is 7.18. The van der Waals surface area contributed by atoms with Crippen molar-refractivity contribution in [2.75, 3.05) is 24.6 Å². The van der Waals surface area contributed by atoms with Gasteiger partial charge in [-0.2, -0.15) is 4.98 Å². The first-order valence-corrected chi connectivity index (χ1v) is 8.42. The lowest BCUT2D eigenvalue weighted by molar-refractivity contribution is 0.257. The monoisotopic (exact) mass is 305 g/mol. The summed E-state index contributed by atoms with van der Waals surface area (Å²) in [6.07, 6.45) is 3.67. The summed E-state index contributed by atoms with van der Waals surface area (Å²) in [6.45, 7) is 5.27. The van der Waals surface area contributed by atoms with E-state index in [9.17, 15) is 0 Å². The average Bonchev–Trinajstić information content (AvgIpc) is 3.23. The molecule has 0 amide bonds. The second-order valence-corrected chi connectivity index (χ2v) is 6.96. The van der Waals surface area contributed by atoms with Crippen molar-refractivity contribution >= 4 is 33.3 Å². The molecule has 3 N–H and O–H groups in total. The van der Waals surface area contributed by atoms with Crippen molar-refractivity contribution in [3.05, 3.63) is 10.9 Å². The molecule has 2 heterocycles. The standard InChI is InChI=1S/C15H23N5S/c1-4-11-7-12-13(18-15(16)19-14(12)21-11)17-8-9(2)20(3)10-5-6-10/h7,9-10H,4-6,8H2,1-3H3,(H3,16,17,18,19). The van der Waals surface area contributed by atoms with Crippen LogP contribution in [0.25, 0.3) is 10.2 Å². The van der Waals surface area contributed by atoms with Crippen LogP contribution < -0.4 is 11.1 Å². The molecular formula is C15H23N5S. The van der Waals surface area contributed by atoms with Crippen molar-refractivity contribution in [1.29, 1.82) is 0 Å². The summed E-state index contributed by atoms with van der Waals surface area (Å²) in [5.41, 5.74) is 5.83. The SMILES string of the molecule is CCc1cc2c(NCC(C)N(C)C3CC3)nc(N)nc2s1. The van der Waals surface area contributed by atoms with E-state index in [0.717, 1.165) is 35.0 Å². The minimum absolute atomic E-state index is 0.345. The van der Waals surface area contributed by atoms with Crippen LogP contribution >= 0.6 is 11.3 Å². The van der Waals surface area contributed by atoms with Crippen molar-refractivity contribution in [2.24, 2.45) is 0 Å². The zero-order valence-electron chi connectivity index (χ0n) is 12.9. The van der Waals surface area contributed by atoms with Crippen molar-refractivity contribution in [2.45, 2.75) is 45.2 Å². The smallest absolute Gasteiger partial charge is 0.223 e. The van der Waals surface area contributed by atoms with Crippen molar-refractivity contribution in [3.8, 4) is 0 Å². The first-order valence-electron chi connectivity index (χ1n) is 7.60. The number of nitrogens with one attached hydrogen (secondary N) is 1. The third kappa shape index (κ3) is 3.11. The summed E-state index contributed by atoms with van der Waals surface area (Å²) >= 11 is 1.70. The summed E-state index contributed by atoms with van der Waals surface area (Å²) in [4.78, 5) is 13.5. The molecule has 3 rings (SSSR count). The number of rotatable bonds is 6. The third-order valence-electron chi connectivity index (χ3n) is 4.19. The van der Waals surface area contributed by atoms with E-state index in [2.05, 4.69) is 47.1 Å². The van der Waals surface area contributed by atoms with Gasteiger partial charge in [-0.15, -0.1) is 11.3 Å². The number of aromatic nitrogens is 2. The second-order valence-electron chi connectivity index (χ2n) is 5.84. The van der Waals surface area contributed by atoms with E-state index in [1.165, 1.54) is 17.7 Å². The Morgan fingerprint density at radius 1 is 1.48 bits per heavy atom. The number of nitrogens with zero attached hydrogens (tertiary/aromatic N) is 3. The van der Waals surface area contributed by atoms with Gasteiger partial charge in [0.25, 0.3) is 0 Å². The Bertz CT molecular complexity index is 634. The Kier molecular flexibility index (Phi) is 3.99. The van der Waals surface area contributed by atoms with Crippen LogP contribution in [0.5, 0.6) is 0 Å². The second kappa shape index (κ2) is 5.77. The number of hydrogen-bond donors (Lipinski definition) is 2. The molecule has 6 heteroatoms. The highest BCUT2D eigenvalue weighted by atomic mass is 32.1. The van der Waals surface area contributed by atoms with E-state index in [1.807, 2.05) is 0 Å². The van der Waals surface area contributed by atoms with Crippen LogP contribution in [0.1, 0.15) is 31.6 Å². The number of nitrogen functional groups attached to an aromatic ring is 1. The largest absolute Gasteiger partial charge is 0.368 e. The Morgan fingerprint density at radius 3 is 2.90 bits per heavy atom. The molecule has 0 radical (unpaired) electrons. The number of thiophene rings is 1. The molecule has 2 aromatic rings. The minimum atomic E-state index is 0.345. The molecule has 114 valence electrons. The molecular weight excluding hydrogens is 282 g/mol. The van der Waals surface area contributed by atoms with E-state index in [4.69, 9.17) is 5.73 Å². The van der Waals surface area contributed by atoms with Gasteiger partial charge in [-0.3, -0.25) is 4.90 Å². The van der Waals surface area contributed by atoms with Crippen molar-refractivity contribution in [1.82, 2.24) is 14.9 Å².